The molecule has 0 amide bonds. The molecule has 0 saturated heterocycles. The van der Waals surface area contributed by atoms with Crippen molar-refractivity contribution in [1.29, 1.82) is 0 Å². The Hall–Kier alpha value is -1.78. The van der Waals surface area contributed by atoms with Gasteiger partial charge in [0.1, 0.15) is 11.6 Å². The Kier molecular flexibility index (Phi) is 4.82. The highest BCUT2D eigenvalue weighted by Gasteiger charge is 2.17. The van der Waals surface area contributed by atoms with E-state index >= 15 is 0 Å². The van der Waals surface area contributed by atoms with E-state index in [-0.39, 0.29) is 12.1 Å². The molecule has 0 aliphatic heterocycles. The van der Waals surface area contributed by atoms with E-state index in [2.05, 4.69) is 5.32 Å². The summed E-state index contributed by atoms with van der Waals surface area (Å²) in [6, 6.07) is 11.5. The van der Waals surface area contributed by atoms with E-state index in [0.717, 1.165) is 17.7 Å². The molecular formula is C16H17F2NO. The van der Waals surface area contributed by atoms with Gasteiger partial charge in [0.05, 0.1) is 11.7 Å². The van der Waals surface area contributed by atoms with Crippen LogP contribution in [0.2, 0.25) is 0 Å². The van der Waals surface area contributed by atoms with E-state index in [1.54, 1.807) is 0 Å². The summed E-state index contributed by atoms with van der Waals surface area (Å²) in [5.41, 5.74) is 1.93. The molecule has 0 aromatic heterocycles. The second-order valence-electron chi connectivity index (χ2n) is 4.77. The zero-order valence-electron chi connectivity index (χ0n) is 11.2. The number of aliphatic hydroxyl groups is 1. The smallest absolute Gasteiger partial charge is 0.131 e. The minimum atomic E-state index is -1.21. The van der Waals surface area contributed by atoms with Crippen molar-refractivity contribution in [3.05, 3.63) is 70.8 Å². The molecule has 2 rings (SSSR count). The predicted octanol–water partition coefficient (Wildman–Crippen LogP) is 3.10. The topological polar surface area (TPSA) is 32.3 Å². The molecule has 0 bridgehead atoms. The molecule has 0 spiro atoms. The molecule has 1 atom stereocenters. The zero-order valence-corrected chi connectivity index (χ0v) is 11.2. The summed E-state index contributed by atoms with van der Waals surface area (Å²) >= 11 is 0. The maximum atomic E-state index is 13.5. The van der Waals surface area contributed by atoms with Crippen LogP contribution in [-0.4, -0.2) is 11.7 Å². The van der Waals surface area contributed by atoms with Gasteiger partial charge in [-0.15, -0.1) is 0 Å². The quantitative estimate of drug-likeness (QED) is 0.880. The molecule has 2 aromatic rings. The fraction of sp³-hybridized carbons (Fsp3) is 0.250. The summed E-state index contributed by atoms with van der Waals surface area (Å²) in [6.45, 7) is 2.63. The van der Waals surface area contributed by atoms with E-state index in [1.807, 2.05) is 31.2 Å². The van der Waals surface area contributed by atoms with Crippen molar-refractivity contribution in [2.75, 3.05) is 6.54 Å². The lowest BCUT2D eigenvalue weighted by molar-refractivity contribution is 0.164. The maximum absolute atomic E-state index is 13.5. The molecule has 0 radical (unpaired) electrons. The third-order valence-corrected chi connectivity index (χ3v) is 3.12. The number of halogens is 2. The molecule has 0 aliphatic carbocycles. The Morgan fingerprint density at radius 2 is 1.65 bits per heavy atom. The van der Waals surface area contributed by atoms with Gasteiger partial charge in [-0.2, -0.15) is 0 Å². The lowest BCUT2D eigenvalue weighted by Crippen LogP contribution is -2.22. The van der Waals surface area contributed by atoms with Gasteiger partial charge < -0.3 is 10.4 Å². The van der Waals surface area contributed by atoms with Gasteiger partial charge in [-0.05, 0) is 24.6 Å². The molecule has 2 nitrogen and oxygen atoms in total. The zero-order chi connectivity index (χ0) is 14.5. The van der Waals surface area contributed by atoms with E-state index in [0.29, 0.717) is 6.54 Å². The molecule has 0 fully saturated rings. The lowest BCUT2D eigenvalue weighted by Gasteiger charge is -2.14. The van der Waals surface area contributed by atoms with Crippen LogP contribution >= 0.6 is 0 Å². The molecule has 4 heteroatoms. The van der Waals surface area contributed by atoms with Gasteiger partial charge in [0.2, 0.25) is 0 Å². The number of aliphatic hydroxyl groups excluding tert-OH is 1. The normalized spacial score (nSPS) is 12.4. The van der Waals surface area contributed by atoms with Crippen LogP contribution in [0.1, 0.15) is 22.8 Å². The Balaban J connectivity index is 1.92. The third kappa shape index (κ3) is 3.62. The molecule has 0 aliphatic rings. The first kappa shape index (κ1) is 14.6. The van der Waals surface area contributed by atoms with Crippen molar-refractivity contribution in [2.24, 2.45) is 0 Å². The molecule has 0 heterocycles. The van der Waals surface area contributed by atoms with Gasteiger partial charge in [0.15, 0.2) is 0 Å². The van der Waals surface area contributed by atoms with Gasteiger partial charge in [0.25, 0.3) is 0 Å². The lowest BCUT2D eigenvalue weighted by atomic mass is 10.1. The fourth-order valence-corrected chi connectivity index (χ4v) is 1.99. The first-order valence-electron chi connectivity index (χ1n) is 6.46. The highest BCUT2D eigenvalue weighted by atomic mass is 19.1. The van der Waals surface area contributed by atoms with Crippen molar-refractivity contribution >= 4 is 0 Å². The maximum Gasteiger partial charge on any atom is 0.131 e. The summed E-state index contributed by atoms with van der Waals surface area (Å²) in [5.74, 6) is -1.45. The van der Waals surface area contributed by atoms with Crippen LogP contribution in [0.4, 0.5) is 8.78 Å². The number of hydrogen-bond donors (Lipinski definition) is 2. The number of aryl methyl sites for hydroxylation is 1. The van der Waals surface area contributed by atoms with Crippen molar-refractivity contribution < 1.29 is 13.9 Å². The van der Waals surface area contributed by atoms with E-state index in [4.69, 9.17) is 0 Å². The van der Waals surface area contributed by atoms with E-state index in [9.17, 15) is 13.9 Å². The van der Waals surface area contributed by atoms with Gasteiger partial charge in [-0.25, -0.2) is 8.78 Å². The highest BCUT2D eigenvalue weighted by molar-refractivity contribution is 5.23. The molecule has 1 unspecified atom stereocenters. The summed E-state index contributed by atoms with van der Waals surface area (Å²) in [4.78, 5) is 0. The fourth-order valence-electron chi connectivity index (χ4n) is 1.99. The van der Waals surface area contributed by atoms with Gasteiger partial charge in [-0.3, -0.25) is 0 Å². The van der Waals surface area contributed by atoms with Crippen molar-refractivity contribution in [3.8, 4) is 0 Å². The van der Waals surface area contributed by atoms with Crippen LogP contribution < -0.4 is 5.32 Å². The van der Waals surface area contributed by atoms with Crippen LogP contribution in [-0.2, 0) is 6.54 Å². The average Bonchev–Trinajstić information content (AvgIpc) is 2.41. The summed E-state index contributed by atoms with van der Waals surface area (Å²) in [5, 5.41) is 12.9. The molecule has 106 valence electrons. The van der Waals surface area contributed by atoms with Gasteiger partial charge >= 0.3 is 0 Å². The second kappa shape index (κ2) is 6.59. The molecule has 2 aromatic carbocycles. The second-order valence-corrected chi connectivity index (χ2v) is 4.77. The standard InChI is InChI=1S/C16H17F2NO/c1-11-5-7-12(8-6-11)9-19-10-15(20)16-13(17)3-2-4-14(16)18/h2-8,15,19-20H,9-10H2,1H3. The van der Waals surface area contributed by atoms with Crippen molar-refractivity contribution in [2.45, 2.75) is 19.6 Å². The van der Waals surface area contributed by atoms with Crippen LogP contribution in [0.5, 0.6) is 0 Å². The average molecular weight is 277 g/mol. The Labute approximate surface area is 117 Å². The van der Waals surface area contributed by atoms with Crippen LogP contribution in [0, 0.1) is 18.6 Å². The SMILES string of the molecule is Cc1ccc(CNCC(O)c2c(F)cccc2F)cc1. The van der Waals surface area contributed by atoms with Crippen molar-refractivity contribution in [3.63, 3.8) is 0 Å². The summed E-state index contributed by atoms with van der Waals surface area (Å²) in [6.07, 6.45) is -1.21. The third-order valence-electron chi connectivity index (χ3n) is 3.12. The Morgan fingerprint density at radius 1 is 1.05 bits per heavy atom. The van der Waals surface area contributed by atoms with Crippen molar-refractivity contribution in [1.82, 2.24) is 5.32 Å². The Morgan fingerprint density at radius 3 is 2.25 bits per heavy atom. The molecule has 0 saturated carbocycles. The monoisotopic (exact) mass is 277 g/mol. The van der Waals surface area contributed by atoms with E-state index in [1.165, 1.54) is 11.6 Å². The minimum absolute atomic E-state index is 0.0890. The number of rotatable bonds is 5. The van der Waals surface area contributed by atoms with Crippen LogP contribution in [0.25, 0.3) is 0 Å². The summed E-state index contributed by atoms with van der Waals surface area (Å²) < 4.78 is 26.9. The first-order chi connectivity index (χ1) is 9.58. The number of nitrogens with one attached hydrogen (secondary N) is 1. The van der Waals surface area contributed by atoms with E-state index < -0.39 is 17.7 Å². The minimum Gasteiger partial charge on any atom is -0.387 e. The van der Waals surface area contributed by atoms with Crippen LogP contribution in [0.3, 0.4) is 0 Å². The van der Waals surface area contributed by atoms with Gasteiger partial charge in [0, 0.05) is 13.1 Å². The Bertz CT molecular complexity index is 549. The predicted molar refractivity (Wildman–Crippen MR) is 74.2 cm³/mol. The largest absolute Gasteiger partial charge is 0.387 e. The van der Waals surface area contributed by atoms with Gasteiger partial charge in [-0.1, -0.05) is 35.9 Å². The highest BCUT2D eigenvalue weighted by Crippen LogP contribution is 2.20. The first-order valence-corrected chi connectivity index (χ1v) is 6.46. The van der Waals surface area contributed by atoms with Crippen LogP contribution in [0.15, 0.2) is 42.5 Å². The number of benzene rings is 2. The molecular weight excluding hydrogens is 260 g/mol. The summed E-state index contributed by atoms with van der Waals surface area (Å²) in [7, 11) is 0. The molecule has 20 heavy (non-hydrogen) atoms. The molecule has 2 N–H and O–H groups in total. The number of hydrogen-bond acceptors (Lipinski definition) is 2.